The number of hydrogen-bond acceptors (Lipinski definition) is 4. The second kappa shape index (κ2) is 6.85. The van der Waals surface area contributed by atoms with Crippen molar-refractivity contribution in [2.24, 2.45) is 0 Å². The molecule has 0 aliphatic rings. The Morgan fingerprint density at radius 1 is 1.24 bits per heavy atom. The molecule has 2 aromatic rings. The molecule has 2 aromatic carbocycles. The van der Waals surface area contributed by atoms with Gasteiger partial charge in [0, 0.05) is 12.5 Å². The second-order valence-electron chi connectivity index (χ2n) is 4.62. The fourth-order valence-corrected chi connectivity index (χ4v) is 2.12. The average molecular weight is 287 g/mol. The number of rotatable bonds is 6. The van der Waals surface area contributed by atoms with Crippen molar-refractivity contribution in [1.82, 2.24) is 0 Å². The van der Waals surface area contributed by atoms with Crippen molar-refractivity contribution in [3.05, 3.63) is 69.8 Å². The lowest BCUT2D eigenvalue weighted by Crippen LogP contribution is -2.03. The summed E-state index contributed by atoms with van der Waals surface area (Å²) in [5, 5.41) is 21.1. The normalized spacial score (nSPS) is 11.9. The van der Waals surface area contributed by atoms with Crippen LogP contribution in [-0.2, 0) is 6.42 Å². The molecule has 0 bridgehead atoms. The second-order valence-corrected chi connectivity index (χ2v) is 4.62. The first-order chi connectivity index (χ1) is 10.1. The lowest BCUT2D eigenvalue weighted by atomic mass is 10.0. The Bertz CT molecular complexity index is 613. The molecule has 0 aliphatic carbocycles. The van der Waals surface area contributed by atoms with Crippen molar-refractivity contribution in [2.45, 2.75) is 19.4 Å². The Morgan fingerprint density at radius 3 is 2.57 bits per heavy atom. The topological polar surface area (TPSA) is 72.6 Å². The number of hydrogen-bond donors (Lipinski definition) is 1. The smallest absolute Gasteiger partial charge is 0.310 e. The summed E-state index contributed by atoms with van der Waals surface area (Å²) >= 11 is 0. The van der Waals surface area contributed by atoms with Crippen LogP contribution in [0.1, 0.15) is 24.2 Å². The highest BCUT2D eigenvalue weighted by molar-refractivity contribution is 5.48. The van der Waals surface area contributed by atoms with E-state index in [0.717, 1.165) is 11.1 Å². The molecule has 5 nitrogen and oxygen atoms in total. The molecule has 110 valence electrons. The molecular formula is C16H17NO4. The molecule has 0 spiro atoms. The molecule has 2 rings (SSSR count). The first-order valence-corrected chi connectivity index (χ1v) is 6.75. The van der Waals surface area contributed by atoms with Crippen LogP contribution in [-0.4, -0.2) is 16.6 Å². The summed E-state index contributed by atoms with van der Waals surface area (Å²) in [6, 6.07) is 14.0. The molecule has 0 aliphatic heterocycles. The summed E-state index contributed by atoms with van der Waals surface area (Å²) in [5.41, 5.74) is 1.55. The van der Waals surface area contributed by atoms with Crippen molar-refractivity contribution in [3.8, 4) is 5.75 Å². The maximum Gasteiger partial charge on any atom is 0.310 e. The molecule has 1 N–H and O–H groups in total. The first kappa shape index (κ1) is 15.0. The third-order valence-corrected chi connectivity index (χ3v) is 3.13. The van der Waals surface area contributed by atoms with Crippen LogP contribution in [0.3, 0.4) is 0 Å². The third-order valence-electron chi connectivity index (χ3n) is 3.13. The Labute approximate surface area is 123 Å². The largest absolute Gasteiger partial charge is 0.487 e. The summed E-state index contributed by atoms with van der Waals surface area (Å²) in [7, 11) is 0. The molecule has 0 saturated carbocycles. The van der Waals surface area contributed by atoms with Crippen molar-refractivity contribution in [3.63, 3.8) is 0 Å². The highest BCUT2D eigenvalue weighted by Crippen LogP contribution is 2.29. The molecule has 0 radical (unpaired) electrons. The van der Waals surface area contributed by atoms with Gasteiger partial charge in [0.05, 0.1) is 17.6 Å². The van der Waals surface area contributed by atoms with E-state index in [4.69, 9.17) is 4.74 Å². The standard InChI is InChI=1S/C16H17NO4/c1-2-21-16-11-12(8-9-14(16)17(19)20)10-15(18)13-6-4-3-5-7-13/h3-9,11,15,18H,2,10H2,1H3. The maximum atomic E-state index is 10.9. The Kier molecular flexibility index (Phi) is 4.90. The third kappa shape index (κ3) is 3.79. The van der Waals surface area contributed by atoms with E-state index >= 15 is 0 Å². The van der Waals surface area contributed by atoms with Gasteiger partial charge in [-0.3, -0.25) is 10.1 Å². The fourth-order valence-electron chi connectivity index (χ4n) is 2.12. The zero-order chi connectivity index (χ0) is 15.2. The first-order valence-electron chi connectivity index (χ1n) is 6.75. The van der Waals surface area contributed by atoms with E-state index in [1.807, 2.05) is 30.3 Å². The minimum Gasteiger partial charge on any atom is -0.487 e. The number of nitrogens with zero attached hydrogens (tertiary/aromatic N) is 1. The molecule has 5 heteroatoms. The van der Waals surface area contributed by atoms with Crippen LogP contribution >= 0.6 is 0 Å². The van der Waals surface area contributed by atoms with Crippen LogP contribution in [0.5, 0.6) is 5.75 Å². The molecule has 0 amide bonds. The van der Waals surface area contributed by atoms with Crippen LogP contribution in [0.25, 0.3) is 0 Å². The van der Waals surface area contributed by atoms with Crippen molar-refractivity contribution < 1.29 is 14.8 Å². The number of aliphatic hydroxyl groups is 1. The van der Waals surface area contributed by atoms with E-state index in [9.17, 15) is 15.2 Å². The Morgan fingerprint density at radius 2 is 1.95 bits per heavy atom. The van der Waals surface area contributed by atoms with Crippen molar-refractivity contribution in [2.75, 3.05) is 6.61 Å². The fraction of sp³-hybridized carbons (Fsp3) is 0.250. The molecule has 1 atom stereocenters. The SMILES string of the molecule is CCOc1cc(CC(O)c2ccccc2)ccc1[N+](=O)[O-]. The number of ether oxygens (including phenoxy) is 1. The summed E-state index contributed by atoms with van der Waals surface area (Å²) in [6.45, 7) is 2.13. The molecule has 0 aromatic heterocycles. The average Bonchev–Trinajstić information content (AvgIpc) is 2.48. The zero-order valence-electron chi connectivity index (χ0n) is 11.7. The Hall–Kier alpha value is -2.40. The van der Waals surface area contributed by atoms with Gasteiger partial charge in [0.1, 0.15) is 0 Å². The predicted octanol–water partition coefficient (Wildman–Crippen LogP) is 3.27. The molecular weight excluding hydrogens is 270 g/mol. The molecule has 1 unspecified atom stereocenters. The minimum atomic E-state index is -0.651. The highest BCUT2D eigenvalue weighted by Gasteiger charge is 2.17. The molecule has 0 fully saturated rings. The molecule has 0 heterocycles. The maximum absolute atomic E-state index is 10.9. The van der Waals surface area contributed by atoms with Gasteiger partial charge < -0.3 is 9.84 Å². The monoisotopic (exact) mass is 287 g/mol. The lowest BCUT2D eigenvalue weighted by molar-refractivity contribution is -0.385. The van der Waals surface area contributed by atoms with E-state index < -0.39 is 11.0 Å². The van der Waals surface area contributed by atoms with Crippen LogP contribution in [0.15, 0.2) is 48.5 Å². The van der Waals surface area contributed by atoms with Crippen LogP contribution in [0.4, 0.5) is 5.69 Å². The van der Waals surface area contributed by atoms with Gasteiger partial charge in [0.25, 0.3) is 0 Å². The number of nitro benzene ring substituents is 1. The van der Waals surface area contributed by atoms with E-state index in [1.54, 1.807) is 19.1 Å². The van der Waals surface area contributed by atoms with Gasteiger partial charge in [-0.15, -0.1) is 0 Å². The van der Waals surface area contributed by atoms with Gasteiger partial charge in [0.2, 0.25) is 0 Å². The highest BCUT2D eigenvalue weighted by atomic mass is 16.6. The van der Waals surface area contributed by atoms with Crippen LogP contribution in [0, 0.1) is 10.1 Å². The quantitative estimate of drug-likeness (QED) is 0.653. The lowest BCUT2D eigenvalue weighted by Gasteiger charge is -2.12. The number of benzene rings is 2. The minimum absolute atomic E-state index is 0.0604. The number of nitro groups is 1. The van der Waals surface area contributed by atoms with Crippen molar-refractivity contribution >= 4 is 5.69 Å². The van der Waals surface area contributed by atoms with Gasteiger partial charge in [-0.2, -0.15) is 0 Å². The van der Waals surface area contributed by atoms with Crippen molar-refractivity contribution in [1.29, 1.82) is 0 Å². The van der Waals surface area contributed by atoms with E-state index in [1.165, 1.54) is 6.07 Å². The van der Waals surface area contributed by atoms with Gasteiger partial charge in [-0.05, 0) is 24.1 Å². The van der Waals surface area contributed by atoms with E-state index in [0.29, 0.717) is 13.0 Å². The van der Waals surface area contributed by atoms with Gasteiger partial charge in [-0.25, -0.2) is 0 Å². The van der Waals surface area contributed by atoms with E-state index in [2.05, 4.69) is 0 Å². The Balaban J connectivity index is 2.21. The summed E-state index contributed by atoms with van der Waals surface area (Å²) in [5.74, 6) is 0.236. The summed E-state index contributed by atoms with van der Waals surface area (Å²) in [4.78, 5) is 10.5. The molecule has 21 heavy (non-hydrogen) atoms. The molecule has 0 saturated heterocycles. The zero-order valence-corrected chi connectivity index (χ0v) is 11.7. The van der Waals surface area contributed by atoms with Crippen LogP contribution in [0.2, 0.25) is 0 Å². The predicted molar refractivity (Wildman–Crippen MR) is 79.4 cm³/mol. The van der Waals surface area contributed by atoms with Crippen LogP contribution < -0.4 is 4.74 Å². The number of aliphatic hydroxyl groups excluding tert-OH is 1. The van der Waals surface area contributed by atoms with Gasteiger partial charge in [0.15, 0.2) is 5.75 Å². The van der Waals surface area contributed by atoms with E-state index in [-0.39, 0.29) is 11.4 Å². The van der Waals surface area contributed by atoms with Gasteiger partial charge >= 0.3 is 5.69 Å². The van der Waals surface area contributed by atoms with Gasteiger partial charge in [-0.1, -0.05) is 36.4 Å². The summed E-state index contributed by atoms with van der Waals surface area (Å²) < 4.78 is 5.30. The summed E-state index contributed by atoms with van der Waals surface area (Å²) in [6.07, 6.45) is -0.274.